The molecular formula is C21H36O. The monoisotopic (exact) mass is 304 g/mol. The SMILES string of the molecule is CC[C@H]1CC[C@H]2[C@@H]3CCC4CCCC[C@]4(C)[C@H]3[C@@H](O)C[C@]12C. The summed E-state index contributed by atoms with van der Waals surface area (Å²) >= 11 is 0. The molecule has 1 nitrogen and oxygen atoms in total. The van der Waals surface area contributed by atoms with Gasteiger partial charge in [0.1, 0.15) is 0 Å². The highest BCUT2D eigenvalue weighted by molar-refractivity contribution is 5.11. The van der Waals surface area contributed by atoms with E-state index in [9.17, 15) is 5.11 Å². The lowest BCUT2D eigenvalue weighted by Gasteiger charge is -2.62. The van der Waals surface area contributed by atoms with Crippen molar-refractivity contribution in [3.05, 3.63) is 0 Å². The second-order valence-corrected chi connectivity index (χ2v) is 9.78. The molecule has 4 fully saturated rings. The Bertz CT molecular complexity index is 432. The number of aliphatic hydroxyl groups excluding tert-OH is 1. The zero-order valence-corrected chi connectivity index (χ0v) is 15.0. The summed E-state index contributed by atoms with van der Waals surface area (Å²) < 4.78 is 0. The zero-order chi connectivity index (χ0) is 15.5. The summed E-state index contributed by atoms with van der Waals surface area (Å²) in [6.07, 6.45) is 13.8. The van der Waals surface area contributed by atoms with E-state index in [1.165, 1.54) is 57.8 Å². The van der Waals surface area contributed by atoms with Crippen molar-refractivity contribution in [2.75, 3.05) is 0 Å². The van der Waals surface area contributed by atoms with Crippen LogP contribution >= 0.6 is 0 Å². The van der Waals surface area contributed by atoms with Gasteiger partial charge in [0.15, 0.2) is 0 Å². The predicted octanol–water partition coefficient (Wildman–Crippen LogP) is 5.42. The van der Waals surface area contributed by atoms with Gasteiger partial charge in [-0.25, -0.2) is 0 Å². The van der Waals surface area contributed by atoms with Gasteiger partial charge in [0.05, 0.1) is 6.10 Å². The largest absolute Gasteiger partial charge is 0.393 e. The van der Waals surface area contributed by atoms with Crippen LogP contribution in [0.3, 0.4) is 0 Å². The molecule has 0 spiro atoms. The van der Waals surface area contributed by atoms with E-state index in [1.54, 1.807) is 0 Å². The first-order chi connectivity index (χ1) is 10.5. The molecule has 4 aliphatic rings. The van der Waals surface area contributed by atoms with Crippen molar-refractivity contribution in [2.45, 2.75) is 91.1 Å². The molecule has 4 saturated carbocycles. The molecule has 0 aromatic carbocycles. The van der Waals surface area contributed by atoms with Crippen LogP contribution in [0.25, 0.3) is 0 Å². The third kappa shape index (κ3) is 1.93. The summed E-state index contributed by atoms with van der Waals surface area (Å²) in [5, 5.41) is 11.2. The van der Waals surface area contributed by atoms with Crippen LogP contribution in [0.2, 0.25) is 0 Å². The first kappa shape index (κ1) is 15.5. The first-order valence-corrected chi connectivity index (χ1v) is 10.2. The van der Waals surface area contributed by atoms with Gasteiger partial charge in [-0.15, -0.1) is 0 Å². The van der Waals surface area contributed by atoms with E-state index in [-0.39, 0.29) is 6.10 Å². The molecule has 0 aromatic rings. The Labute approximate surface area is 137 Å². The Hall–Kier alpha value is -0.0400. The van der Waals surface area contributed by atoms with Crippen LogP contribution in [0.15, 0.2) is 0 Å². The summed E-state index contributed by atoms with van der Waals surface area (Å²) in [5.41, 5.74) is 0.888. The number of hydrogen-bond acceptors (Lipinski definition) is 1. The molecule has 4 rings (SSSR count). The minimum Gasteiger partial charge on any atom is -0.393 e. The fraction of sp³-hybridized carbons (Fsp3) is 1.00. The molecular weight excluding hydrogens is 268 g/mol. The standard InChI is InChI=1S/C21H36O/c1-4-14-9-11-17-16-10-8-15-7-5-6-12-20(15,2)19(16)18(22)13-21(14,17)3/h14-19,22H,4-13H2,1-3H3/t14-,15?,16-,17-,18-,19+,20-,21+/m0/s1. The molecule has 8 atom stereocenters. The number of fused-ring (bicyclic) bond motifs is 5. The summed E-state index contributed by atoms with van der Waals surface area (Å²) in [6.45, 7) is 7.47. The van der Waals surface area contributed by atoms with E-state index >= 15 is 0 Å². The van der Waals surface area contributed by atoms with E-state index in [0.29, 0.717) is 16.7 Å². The second kappa shape index (κ2) is 5.23. The van der Waals surface area contributed by atoms with Gasteiger partial charge in [-0.3, -0.25) is 0 Å². The highest BCUT2D eigenvalue weighted by Gasteiger charge is 2.62. The Morgan fingerprint density at radius 1 is 0.955 bits per heavy atom. The van der Waals surface area contributed by atoms with E-state index in [4.69, 9.17) is 0 Å². The van der Waals surface area contributed by atoms with Crippen molar-refractivity contribution in [3.8, 4) is 0 Å². The highest BCUT2D eigenvalue weighted by Crippen LogP contribution is 2.67. The summed E-state index contributed by atoms with van der Waals surface area (Å²) in [4.78, 5) is 0. The predicted molar refractivity (Wildman–Crippen MR) is 91.5 cm³/mol. The molecule has 4 aliphatic carbocycles. The molecule has 0 aliphatic heterocycles. The molecule has 0 heterocycles. The van der Waals surface area contributed by atoms with Crippen LogP contribution in [0.4, 0.5) is 0 Å². The van der Waals surface area contributed by atoms with E-state index in [0.717, 1.165) is 30.1 Å². The van der Waals surface area contributed by atoms with Gasteiger partial charge in [-0.05, 0) is 85.4 Å². The maximum absolute atomic E-state index is 11.2. The lowest BCUT2D eigenvalue weighted by Crippen LogP contribution is -2.58. The quantitative estimate of drug-likeness (QED) is 0.686. The number of rotatable bonds is 1. The normalized spacial score (nSPS) is 57.8. The van der Waals surface area contributed by atoms with Crippen LogP contribution < -0.4 is 0 Å². The molecule has 1 N–H and O–H groups in total. The molecule has 0 bridgehead atoms. The molecule has 0 amide bonds. The molecule has 126 valence electrons. The van der Waals surface area contributed by atoms with Gasteiger partial charge < -0.3 is 5.11 Å². The Morgan fingerprint density at radius 3 is 2.55 bits per heavy atom. The average Bonchev–Trinajstić information content (AvgIpc) is 2.82. The van der Waals surface area contributed by atoms with Crippen molar-refractivity contribution in [1.29, 1.82) is 0 Å². The Morgan fingerprint density at radius 2 is 1.77 bits per heavy atom. The number of hydrogen-bond donors (Lipinski definition) is 1. The van der Waals surface area contributed by atoms with Gasteiger partial charge in [0.2, 0.25) is 0 Å². The summed E-state index contributed by atoms with van der Waals surface area (Å²) in [5.74, 6) is 4.12. The minimum atomic E-state index is -0.0238. The fourth-order valence-electron chi connectivity index (χ4n) is 8.19. The molecule has 0 saturated heterocycles. The minimum absolute atomic E-state index is 0.0238. The smallest absolute Gasteiger partial charge is 0.0581 e. The average molecular weight is 305 g/mol. The lowest BCUT2D eigenvalue weighted by atomic mass is 9.44. The fourth-order valence-corrected chi connectivity index (χ4v) is 8.19. The van der Waals surface area contributed by atoms with Crippen LogP contribution in [0, 0.1) is 40.4 Å². The molecule has 0 aromatic heterocycles. The van der Waals surface area contributed by atoms with Gasteiger partial charge in [0.25, 0.3) is 0 Å². The van der Waals surface area contributed by atoms with Crippen LogP contribution in [0.1, 0.15) is 85.0 Å². The molecule has 0 radical (unpaired) electrons. The van der Waals surface area contributed by atoms with E-state index in [1.807, 2.05) is 0 Å². The van der Waals surface area contributed by atoms with Crippen molar-refractivity contribution in [1.82, 2.24) is 0 Å². The molecule has 1 unspecified atom stereocenters. The van der Waals surface area contributed by atoms with Crippen molar-refractivity contribution < 1.29 is 5.11 Å². The topological polar surface area (TPSA) is 20.2 Å². The van der Waals surface area contributed by atoms with E-state index < -0.39 is 0 Å². The van der Waals surface area contributed by atoms with Crippen molar-refractivity contribution in [3.63, 3.8) is 0 Å². The van der Waals surface area contributed by atoms with Gasteiger partial charge in [0, 0.05) is 0 Å². The Kier molecular flexibility index (Phi) is 3.68. The van der Waals surface area contributed by atoms with Gasteiger partial charge >= 0.3 is 0 Å². The van der Waals surface area contributed by atoms with Crippen LogP contribution in [0.5, 0.6) is 0 Å². The Balaban J connectivity index is 1.68. The highest BCUT2D eigenvalue weighted by atomic mass is 16.3. The van der Waals surface area contributed by atoms with Crippen LogP contribution in [-0.2, 0) is 0 Å². The first-order valence-electron chi connectivity index (χ1n) is 10.2. The van der Waals surface area contributed by atoms with Gasteiger partial charge in [-0.2, -0.15) is 0 Å². The summed E-state index contributed by atoms with van der Waals surface area (Å²) in [6, 6.07) is 0. The molecule has 1 heteroatoms. The van der Waals surface area contributed by atoms with E-state index in [2.05, 4.69) is 20.8 Å². The van der Waals surface area contributed by atoms with Crippen LogP contribution in [-0.4, -0.2) is 11.2 Å². The lowest BCUT2D eigenvalue weighted by molar-refractivity contribution is -0.168. The third-order valence-corrected chi connectivity index (χ3v) is 9.20. The maximum atomic E-state index is 11.2. The van der Waals surface area contributed by atoms with Crippen molar-refractivity contribution in [2.24, 2.45) is 40.4 Å². The third-order valence-electron chi connectivity index (χ3n) is 9.20. The van der Waals surface area contributed by atoms with Gasteiger partial charge in [-0.1, -0.05) is 40.0 Å². The summed E-state index contributed by atoms with van der Waals surface area (Å²) in [7, 11) is 0. The number of aliphatic hydroxyl groups is 1. The second-order valence-electron chi connectivity index (χ2n) is 9.78. The maximum Gasteiger partial charge on any atom is 0.0581 e. The molecule has 22 heavy (non-hydrogen) atoms. The van der Waals surface area contributed by atoms with Crippen molar-refractivity contribution >= 4 is 0 Å². The zero-order valence-electron chi connectivity index (χ0n) is 15.0.